The van der Waals surface area contributed by atoms with Gasteiger partial charge in [-0.05, 0) is 37.3 Å². The third kappa shape index (κ3) is 4.65. The van der Waals surface area contributed by atoms with Crippen molar-refractivity contribution in [3.63, 3.8) is 0 Å². The molecule has 0 atom stereocenters. The van der Waals surface area contributed by atoms with Crippen LogP contribution in [0.5, 0.6) is 5.75 Å². The number of carbonyl (C=O) groups is 1. The number of aliphatic imine (C=N–C) groups is 1. The number of nitro groups is 1. The van der Waals surface area contributed by atoms with E-state index in [-0.39, 0.29) is 22.9 Å². The van der Waals surface area contributed by atoms with Crippen molar-refractivity contribution >= 4 is 33.7 Å². The van der Waals surface area contributed by atoms with Crippen molar-refractivity contribution in [2.75, 3.05) is 0 Å². The summed E-state index contributed by atoms with van der Waals surface area (Å²) in [6.07, 6.45) is 1.33. The minimum atomic E-state index is -4.54. The Hall–Kier alpha value is -4.31. The molecule has 1 aliphatic rings. The molecule has 0 aromatic heterocycles. The molecule has 0 amide bonds. The van der Waals surface area contributed by atoms with Crippen LogP contribution in [0.3, 0.4) is 0 Å². The lowest BCUT2D eigenvalue weighted by molar-refractivity contribution is -0.387. The maximum absolute atomic E-state index is 12.8. The molecule has 0 saturated heterocycles. The molecule has 0 saturated carbocycles. The molecule has 3 aromatic rings. The van der Waals surface area contributed by atoms with E-state index in [1.54, 1.807) is 18.2 Å². The lowest BCUT2D eigenvalue weighted by atomic mass is 10.1. The second-order valence-corrected chi connectivity index (χ2v) is 8.52. The first-order valence-corrected chi connectivity index (χ1v) is 11.0. The molecule has 10 heteroatoms. The molecule has 0 bridgehead atoms. The summed E-state index contributed by atoms with van der Waals surface area (Å²) in [5.41, 5.74) is 1.14. The Morgan fingerprint density at radius 2 is 1.76 bits per heavy atom. The molecule has 0 unspecified atom stereocenters. The summed E-state index contributed by atoms with van der Waals surface area (Å²) in [5.74, 6) is -0.709. The largest absolute Gasteiger partial charge is 0.402 e. The predicted molar refractivity (Wildman–Crippen MR) is 119 cm³/mol. The van der Waals surface area contributed by atoms with E-state index in [0.29, 0.717) is 5.56 Å². The standard InChI is InChI=1S/C23H16N2O7S/c1-15-7-6-9-17(13-15)22-24-18(23(26)31-22)14-16-8-2-4-11-20(16)32-33(29,30)21-12-5-3-10-19(21)25(27)28/h2-14H,1H3/b18-14+. The predicted octanol–water partition coefficient (Wildman–Crippen LogP) is 4.02. The number of hydrogen-bond acceptors (Lipinski definition) is 8. The average molecular weight is 464 g/mol. The van der Waals surface area contributed by atoms with Crippen molar-refractivity contribution in [1.29, 1.82) is 0 Å². The Morgan fingerprint density at radius 1 is 1.03 bits per heavy atom. The number of esters is 1. The second-order valence-electron chi connectivity index (χ2n) is 7.01. The third-order valence-electron chi connectivity index (χ3n) is 4.63. The molecule has 0 N–H and O–H groups in total. The molecule has 166 valence electrons. The smallest absolute Gasteiger partial charge is 0.363 e. The maximum Gasteiger partial charge on any atom is 0.363 e. The molecular formula is C23H16N2O7S. The quantitative estimate of drug-likeness (QED) is 0.177. The molecular weight excluding hydrogens is 448 g/mol. The number of aryl methyl sites for hydroxylation is 1. The van der Waals surface area contributed by atoms with Crippen LogP contribution in [0.25, 0.3) is 6.08 Å². The molecule has 3 aromatic carbocycles. The number of hydrogen-bond donors (Lipinski definition) is 0. The zero-order valence-electron chi connectivity index (χ0n) is 17.2. The van der Waals surface area contributed by atoms with Gasteiger partial charge < -0.3 is 8.92 Å². The van der Waals surface area contributed by atoms with Gasteiger partial charge in [0.1, 0.15) is 5.75 Å². The summed E-state index contributed by atoms with van der Waals surface area (Å²) in [6, 6.07) is 18.1. The monoisotopic (exact) mass is 464 g/mol. The van der Waals surface area contributed by atoms with E-state index in [4.69, 9.17) is 8.92 Å². The fraction of sp³-hybridized carbons (Fsp3) is 0.0435. The minimum absolute atomic E-state index is 0.0503. The van der Waals surface area contributed by atoms with E-state index in [2.05, 4.69) is 4.99 Å². The molecule has 0 spiro atoms. The number of nitro benzene ring substituents is 1. The molecule has 1 aliphatic heterocycles. The summed E-state index contributed by atoms with van der Waals surface area (Å²) in [6.45, 7) is 1.89. The number of carbonyl (C=O) groups excluding carboxylic acids is 1. The van der Waals surface area contributed by atoms with Gasteiger partial charge in [-0.2, -0.15) is 8.42 Å². The molecule has 4 rings (SSSR count). The van der Waals surface area contributed by atoms with Crippen molar-refractivity contribution in [3.05, 3.63) is 105 Å². The van der Waals surface area contributed by atoms with Crippen molar-refractivity contribution in [2.45, 2.75) is 11.8 Å². The van der Waals surface area contributed by atoms with Crippen molar-refractivity contribution in [1.82, 2.24) is 0 Å². The van der Waals surface area contributed by atoms with Gasteiger partial charge in [0.25, 0.3) is 5.69 Å². The zero-order chi connectivity index (χ0) is 23.6. The highest BCUT2D eigenvalue weighted by Crippen LogP contribution is 2.30. The van der Waals surface area contributed by atoms with Crippen LogP contribution in [0.15, 0.2) is 88.4 Å². The molecule has 0 aliphatic carbocycles. The molecule has 9 nitrogen and oxygen atoms in total. The highest BCUT2D eigenvalue weighted by Gasteiger charge is 2.29. The number of para-hydroxylation sites is 2. The zero-order valence-corrected chi connectivity index (χ0v) is 18.0. The van der Waals surface area contributed by atoms with Gasteiger partial charge in [-0.3, -0.25) is 10.1 Å². The van der Waals surface area contributed by atoms with E-state index < -0.39 is 31.6 Å². The number of benzene rings is 3. The Morgan fingerprint density at radius 3 is 2.52 bits per heavy atom. The van der Waals surface area contributed by atoms with Gasteiger partial charge in [-0.1, -0.05) is 48.0 Å². The van der Waals surface area contributed by atoms with Crippen LogP contribution >= 0.6 is 0 Å². The van der Waals surface area contributed by atoms with Crippen LogP contribution in [0.4, 0.5) is 5.69 Å². The summed E-state index contributed by atoms with van der Waals surface area (Å²) in [7, 11) is -4.54. The third-order valence-corrected chi connectivity index (χ3v) is 5.91. The lowest BCUT2D eigenvalue weighted by Gasteiger charge is -2.09. The van der Waals surface area contributed by atoms with Gasteiger partial charge in [-0.15, -0.1) is 0 Å². The van der Waals surface area contributed by atoms with E-state index in [1.165, 1.54) is 36.4 Å². The Balaban J connectivity index is 1.70. The van der Waals surface area contributed by atoms with Crippen LogP contribution in [0.2, 0.25) is 0 Å². The van der Waals surface area contributed by atoms with E-state index in [9.17, 15) is 23.3 Å². The summed E-state index contributed by atoms with van der Waals surface area (Å²) in [4.78, 5) is 26.4. The minimum Gasteiger partial charge on any atom is -0.402 e. The van der Waals surface area contributed by atoms with Gasteiger partial charge in [0, 0.05) is 17.2 Å². The summed E-state index contributed by atoms with van der Waals surface area (Å²) in [5, 5.41) is 11.2. The van der Waals surface area contributed by atoms with Crippen LogP contribution in [0.1, 0.15) is 16.7 Å². The van der Waals surface area contributed by atoms with E-state index in [1.807, 2.05) is 19.1 Å². The van der Waals surface area contributed by atoms with E-state index >= 15 is 0 Å². The first kappa shape index (κ1) is 21.9. The average Bonchev–Trinajstić information content (AvgIpc) is 3.15. The Labute approximate surface area is 188 Å². The van der Waals surface area contributed by atoms with Crippen molar-refractivity contribution in [3.8, 4) is 5.75 Å². The van der Waals surface area contributed by atoms with Gasteiger partial charge >= 0.3 is 16.1 Å². The van der Waals surface area contributed by atoms with Crippen LogP contribution < -0.4 is 4.18 Å². The first-order chi connectivity index (χ1) is 15.7. The number of nitrogens with zero attached hydrogens (tertiary/aromatic N) is 2. The highest BCUT2D eigenvalue weighted by molar-refractivity contribution is 7.87. The van der Waals surface area contributed by atoms with Crippen LogP contribution in [-0.2, 0) is 19.6 Å². The van der Waals surface area contributed by atoms with Crippen LogP contribution in [-0.4, -0.2) is 25.2 Å². The maximum atomic E-state index is 12.8. The van der Waals surface area contributed by atoms with Gasteiger partial charge in [0.05, 0.1) is 4.92 Å². The summed E-state index contributed by atoms with van der Waals surface area (Å²) < 4.78 is 36.0. The molecule has 33 heavy (non-hydrogen) atoms. The number of ether oxygens (including phenoxy) is 1. The topological polar surface area (TPSA) is 125 Å². The van der Waals surface area contributed by atoms with Crippen molar-refractivity contribution in [2.24, 2.45) is 4.99 Å². The highest BCUT2D eigenvalue weighted by atomic mass is 32.2. The number of rotatable bonds is 6. The molecule has 1 heterocycles. The van der Waals surface area contributed by atoms with E-state index in [0.717, 1.165) is 17.7 Å². The normalized spacial score (nSPS) is 14.6. The van der Waals surface area contributed by atoms with Gasteiger partial charge in [0.2, 0.25) is 5.90 Å². The fourth-order valence-electron chi connectivity index (χ4n) is 3.12. The molecule has 0 fully saturated rings. The van der Waals surface area contributed by atoms with Crippen LogP contribution in [0, 0.1) is 17.0 Å². The first-order valence-electron chi connectivity index (χ1n) is 9.61. The Bertz CT molecular complexity index is 1440. The molecule has 0 radical (unpaired) electrons. The fourth-order valence-corrected chi connectivity index (χ4v) is 4.24. The van der Waals surface area contributed by atoms with Gasteiger partial charge in [0.15, 0.2) is 10.6 Å². The van der Waals surface area contributed by atoms with Crippen molar-refractivity contribution < 1.29 is 27.1 Å². The second kappa shape index (κ2) is 8.67. The number of cyclic esters (lactones) is 1. The lowest BCUT2D eigenvalue weighted by Crippen LogP contribution is -2.12. The summed E-state index contributed by atoms with van der Waals surface area (Å²) >= 11 is 0. The van der Waals surface area contributed by atoms with Gasteiger partial charge in [-0.25, -0.2) is 9.79 Å². The Kier molecular flexibility index (Phi) is 5.76. The SMILES string of the molecule is Cc1cccc(C2=N/C(=C/c3ccccc3OS(=O)(=O)c3ccccc3[N+](=O)[O-])C(=O)O2)c1.